The third-order valence-electron chi connectivity index (χ3n) is 4.95. The molecular weight excluding hydrogens is 328 g/mol. The second kappa shape index (κ2) is 7.91. The van der Waals surface area contributed by atoms with Gasteiger partial charge in [0.2, 0.25) is 11.8 Å². The van der Waals surface area contributed by atoms with Crippen LogP contribution in [0.25, 0.3) is 0 Å². The lowest BCUT2D eigenvalue weighted by Crippen LogP contribution is -2.56. The van der Waals surface area contributed by atoms with E-state index < -0.39 is 17.7 Å². The van der Waals surface area contributed by atoms with Crippen LogP contribution in [0.15, 0.2) is 18.2 Å². The second-order valence-electron chi connectivity index (χ2n) is 6.74. The van der Waals surface area contributed by atoms with Crippen molar-refractivity contribution in [3.05, 3.63) is 35.4 Å². The molecule has 25 heavy (non-hydrogen) atoms. The molecule has 2 fully saturated rings. The van der Waals surface area contributed by atoms with Gasteiger partial charge in [0.05, 0.1) is 12.5 Å². The molecule has 1 atom stereocenters. The van der Waals surface area contributed by atoms with Crippen LogP contribution in [0.1, 0.15) is 37.7 Å². The Morgan fingerprint density at radius 2 is 2.04 bits per heavy atom. The van der Waals surface area contributed by atoms with Crippen LogP contribution in [0, 0.1) is 11.6 Å². The third-order valence-corrected chi connectivity index (χ3v) is 4.95. The van der Waals surface area contributed by atoms with Crippen LogP contribution < -0.4 is 10.6 Å². The quantitative estimate of drug-likeness (QED) is 0.849. The van der Waals surface area contributed by atoms with E-state index in [2.05, 4.69) is 10.6 Å². The Hall–Kier alpha value is -2.02. The Morgan fingerprint density at radius 3 is 2.80 bits per heavy atom. The largest absolute Gasteiger partial charge is 0.353 e. The monoisotopic (exact) mass is 351 g/mol. The molecule has 3 rings (SSSR count). The van der Waals surface area contributed by atoms with E-state index >= 15 is 0 Å². The second-order valence-corrected chi connectivity index (χ2v) is 6.74. The Balaban J connectivity index is 1.67. The van der Waals surface area contributed by atoms with Crippen LogP contribution in [-0.4, -0.2) is 41.9 Å². The van der Waals surface area contributed by atoms with Gasteiger partial charge in [-0.15, -0.1) is 0 Å². The highest BCUT2D eigenvalue weighted by molar-refractivity contribution is 5.88. The van der Waals surface area contributed by atoms with Crippen molar-refractivity contribution >= 4 is 11.8 Å². The minimum absolute atomic E-state index is 0.0271. The summed E-state index contributed by atoms with van der Waals surface area (Å²) < 4.78 is 27.3. The van der Waals surface area contributed by atoms with Crippen molar-refractivity contribution in [3.8, 4) is 0 Å². The number of amides is 2. The highest BCUT2D eigenvalue weighted by Crippen LogP contribution is 2.20. The van der Waals surface area contributed by atoms with Crippen molar-refractivity contribution in [3.63, 3.8) is 0 Å². The maximum atomic E-state index is 13.9. The fraction of sp³-hybridized carbons (Fsp3) is 0.556. The van der Waals surface area contributed by atoms with Crippen LogP contribution in [0.3, 0.4) is 0 Å². The summed E-state index contributed by atoms with van der Waals surface area (Å²) in [6.07, 6.45) is 4.20. The minimum atomic E-state index is -0.908. The van der Waals surface area contributed by atoms with Gasteiger partial charge in [-0.3, -0.25) is 14.5 Å². The van der Waals surface area contributed by atoms with Crippen molar-refractivity contribution in [1.82, 2.24) is 15.5 Å². The van der Waals surface area contributed by atoms with Crippen LogP contribution in [0.4, 0.5) is 8.78 Å². The van der Waals surface area contributed by atoms with E-state index in [0.717, 1.165) is 31.7 Å². The van der Waals surface area contributed by atoms with Crippen molar-refractivity contribution in [2.24, 2.45) is 0 Å². The van der Waals surface area contributed by atoms with E-state index in [9.17, 15) is 18.4 Å². The fourth-order valence-electron chi connectivity index (χ4n) is 3.59. The number of hydrogen-bond acceptors (Lipinski definition) is 3. The summed E-state index contributed by atoms with van der Waals surface area (Å²) in [6, 6.07) is 3.53. The number of nitrogens with zero attached hydrogens (tertiary/aromatic N) is 1. The van der Waals surface area contributed by atoms with Gasteiger partial charge in [0.15, 0.2) is 11.6 Å². The summed E-state index contributed by atoms with van der Waals surface area (Å²) in [5.74, 6) is -2.22. The third kappa shape index (κ3) is 4.34. The van der Waals surface area contributed by atoms with Gasteiger partial charge in [-0.25, -0.2) is 8.78 Å². The fourth-order valence-corrected chi connectivity index (χ4v) is 3.59. The van der Waals surface area contributed by atoms with Gasteiger partial charge in [0.1, 0.15) is 0 Å². The number of hydrogen-bond donors (Lipinski definition) is 2. The molecular formula is C18H23F2N3O2. The van der Waals surface area contributed by atoms with Gasteiger partial charge < -0.3 is 10.6 Å². The molecule has 0 aromatic heterocycles. The van der Waals surface area contributed by atoms with Crippen molar-refractivity contribution < 1.29 is 18.4 Å². The number of rotatable bonds is 5. The molecule has 1 aromatic rings. The van der Waals surface area contributed by atoms with Gasteiger partial charge in [-0.1, -0.05) is 25.0 Å². The number of carbonyl (C=O) groups is 2. The maximum absolute atomic E-state index is 13.9. The zero-order chi connectivity index (χ0) is 17.8. The summed E-state index contributed by atoms with van der Waals surface area (Å²) in [5.41, 5.74) is 0.191. The average Bonchev–Trinajstić information content (AvgIpc) is 3.08. The Labute approximate surface area is 145 Å². The maximum Gasteiger partial charge on any atom is 0.237 e. The molecule has 0 bridgehead atoms. The zero-order valence-electron chi connectivity index (χ0n) is 14.1. The topological polar surface area (TPSA) is 61.4 Å². The molecule has 2 N–H and O–H groups in total. The van der Waals surface area contributed by atoms with Gasteiger partial charge in [0, 0.05) is 31.2 Å². The molecule has 5 nitrogen and oxygen atoms in total. The van der Waals surface area contributed by atoms with E-state index in [-0.39, 0.29) is 36.4 Å². The lowest BCUT2D eigenvalue weighted by atomic mass is 10.1. The molecule has 1 aliphatic carbocycles. The smallest absolute Gasteiger partial charge is 0.237 e. The number of nitrogens with one attached hydrogen (secondary N) is 2. The summed E-state index contributed by atoms with van der Waals surface area (Å²) in [7, 11) is 0. The zero-order valence-corrected chi connectivity index (χ0v) is 14.1. The lowest BCUT2D eigenvalue weighted by Gasteiger charge is -2.35. The lowest BCUT2D eigenvalue weighted by molar-refractivity contribution is -0.134. The van der Waals surface area contributed by atoms with Crippen molar-refractivity contribution in [1.29, 1.82) is 0 Å². The van der Waals surface area contributed by atoms with Gasteiger partial charge >= 0.3 is 0 Å². The first-order chi connectivity index (χ1) is 12.0. The van der Waals surface area contributed by atoms with Gasteiger partial charge in [0.25, 0.3) is 0 Å². The highest BCUT2D eigenvalue weighted by atomic mass is 19.2. The van der Waals surface area contributed by atoms with E-state index in [0.29, 0.717) is 13.1 Å². The van der Waals surface area contributed by atoms with Crippen LogP contribution in [0.2, 0.25) is 0 Å². The van der Waals surface area contributed by atoms with Crippen molar-refractivity contribution in [2.75, 3.05) is 13.1 Å². The molecule has 1 saturated carbocycles. The van der Waals surface area contributed by atoms with Gasteiger partial charge in [-0.2, -0.15) is 0 Å². The predicted molar refractivity (Wildman–Crippen MR) is 88.6 cm³/mol. The number of halogens is 2. The molecule has 0 spiro atoms. The summed E-state index contributed by atoms with van der Waals surface area (Å²) in [4.78, 5) is 26.2. The first-order valence-electron chi connectivity index (χ1n) is 8.78. The van der Waals surface area contributed by atoms with E-state index in [4.69, 9.17) is 0 Å². The molecule has 7 heteroatoms. The first-order valence-corrected chi connectivity index (χ1v) is 8.78. The number of benzene rings is 1. The summed E-state index contributed by atoms with van der Waals surface area (Å²) in [6.45, 7) is 1.01. The molecule has 2 aliphatic rings. The molecule has 2 amide bonds. The predicted octanol–water partition coefficient (Wildman–Crippen LogP) is 1.71. The summed E-state index contributed by atoms with van der Waals surface area (Å²) >= 11 is 0. The SMILES string of the molecule is O=C(CC1C(=O)NCCN1Cc1cccc(F)c1F)NC1CCCC1. The first kappa shape index (κ1) is 17.8. The summed E-state index contributed by atoms with van der Waals surface area (Å²) in [5, 5.41) is 5.72. The number of piperazine rings is 1. The standard InChI is InChI=1S/C18H23F2N3O2/c19-14-7-3-4-12(17(14)20)11-23-9-8-21-18(25)15(23)10-16(24)22-13-5-1-2-6-13/h3-4,7,13,15H,1-2,5-6,8-11H2,(H,21,25)(H,22,24). The van der Waals surface area contributed by atoms with Crippen LogP contribution in [0.5, 0.6) is 0 Å². The van der Waals surface area contributed by atoms with Gasteiger partial charge in [-0.05, 0) is 18.9 Å². The molecule has 1 unspecified atom stereocenters. The van der Waals surface area contributed by atoms with Crippen LogP contribution in [-0.2, 0) is 16.1 Å². The van der Waals surface area contributed by atoms with E-state index in [1.165, 1.54) is 12.1 Å². The Morgan fingerprint density at radius 1 is 1.28 bits per heavy atom. The van der Waals surface area contributed by atoms with E-state index in [1.54, 1.807) is 4.90 Å². The highest BCUT2D eigenvalue weighted by Gasteiger charge is 2.32. The molecule has 1 saturated heterocycles. The molecule has 1 aromatic carbocycles. The van der Waals surface area contributed by atoms with E-state index in [1.807, 2.05) is 0 Å². The normalized spacial score (nSPS) is 22.0. The average molecular weight is 351 g/mol. The van der Waals surface area contributed by atoms with Crippen molar-refractivity contribution in [2.45, 2.75) is 50.7 Å². The Kier molecular flexibility index (Phi) is 5.63. The van der Waals surface area contributed by atoms with Crippen LogP contribution >= 0.6 is 0 Å². The molecule has 1 aliphatic heterocycles. The molecule has 0 radical (unpaired) electrons. The Bertz CT molecular complexity index is 647. The molecule has 1 heterocycles. The minimum Gasteiger partial charge on any atom is -0.353 e. The number of carbonyl (C=O) groups excluding carboxylic acids is 2. The molecule has 136 valence electrons.